The van der Waals surface area contributed by atoms with E-state index in [0.717, 1.165) is 0 Å². The summed E-state index contributed by atoms with van der Waals surface area (Å²) >= 11 is 5.62. The van der Waals surface area contributed by atoms with Gasteiger partial charge in [-0.3, -0.25) is 0 Å². The van der Waals surface area contributed by atoms with Crippen LogP contribution in [0, 0.1) is 5.82 Å². The molecule has 0 spiro atoms. The van der Waals surface area contributed by atoms with Crippen molar-refractivity contribution in [3.8, 4) is 0 Å². The normalized spacial score (nSPS) is 11.8. The lowest BCUT2D eigenvalue weighted by Crippen LogP contribution is -2.21. The fourth-order valence-electron chi connectivity index (χ4n) is 1.14. The topological polar surface area (TPSA) is 12.0 Å². The standard InChI is InChI=1S/C10H10ClF4N/c11-9-7(2-1-3-8(9)12)6-16-5-4-10(13,14)15/h1-3,16H,4-6H2. The zero-order valence-electron chi connectivity index (χ0n) is 8.24. The summed E-state index contributed by atoms with van der Waals surface area (Å²) in [5.74, 6) is -0.572. The van der Waals surface area contributed by atoms with Gasteiger partial charge >= 0.3 is 6.18 Å². The molecule has 0 aliphatic heterocycles. The predicted octanol–water partition coefficient (Wildman–Crippen LogP) is 3.52. The van der Waals surface area contributed by atoms with Gasteiger partial charge in [0.2, 0.25) is 0 Å². The van der Waals surface area contributed by atoms with E-state index in [1.54, 1.807) is 6.07 Å². The highest BCUT2D eigenvalue weighted by Crippen LogP contribution is 2.20. The van der Waals surface area contributed by atoms with E-state index in [1.807, 2.05) is 0 Å². The van der Waals surface area contributed by atoms with Crippen molar-refractivity contribution in [2.45, 2.75) is 19.1 Å². The first-order chi connectivity index (χ1) is 7.40. The van der Waals surface area contributed by atoms with Crippen LogP contribution >= 0.6 is 11.6 Å². The summed E-state index contributed by atoms with van der Waals surface area (Å²) in [6, 6.07) is 4.22. The summed E-state index contributed by atoms with van der Waals surface area (Å²) in [6.45, 7) is -0.0942. The number of nitrogens with one attached hydrogen (secondary N) is 1. The molecule has 0 radical (unpaired) electrons. The molecule has 0 unspecified atom stereocenters. The van der Waals surface area contributed by atoms with Gasteiger partial charge in [-0.2, -0.15) is 13.2 Å². The third-order valence-electron chi connectivity index (χ3n) is 1.93. The van der Waals surface area contributed by atoms with Crippen molar-refractivity contribution >= 4 is 11.6 Å². The molecule has 1 N–H and O–H groups in total. The van der Waals surface area contributed by atoms with Crippen molar-refractivity contribution in [3.05, 3.63) is 34.6 Å². The van der Waals surface area contributed by atoms with Crippen LogP contribution in [0.15, 0.2) is 18.2 Å². The maximum atomic E-state index is 12.9. The Morgan fingerprint density at radius 1 is 1.25 bits per heavy atom. The van der Waals surface area contributed by atoms with E-state index in [0.29, 0.717) is 5.56 Å². The maximum absolute atomic E-state index is 12.9. The van der Waals surface area contributed by atoms with Crippen molar-refractivity contribution in [2.24, 2.45) is 0 Å². The monoisotopic (exact) mass is 255 g/mol. The van der Waals surface area contributed by atoms with Gasteiger partial charge in [-0.05, 0) is 11.6 Å². The van der Waals surface area contributed by atoms with Crippen LogP contribution in [0.25, 0.3) is 0 Å². The Morgan fingerprint density at radius 3 is 2.56 bits per heavy atom. The summed E-state index contributed by atoms with van der Waals surface area (Å²) in [6.07, 6.45) is -5.10. The molecule has 90 valence electrons. The summed E-state index contributed by atoms with van der Waals surface area (Å²) in [7, 11) is 0. The molecule has 0 aliphatic carbocycles. The third-order valence-corrected chi connectivity index (χ3v) is 2.36. The van der Waals surface area contributed by atoms with Gasteiger partial charge in [0.05, 0.1) is 11.4 Å². The van der Waals surface area contributed by atoms with Gasteiger partial charge in [0.1, 0.15) is 5.82 Å². The Labute approximate surface area is 95.4 Å². The molecule has 0 amide bonds. The number of benzene rings is 1. The van der Waals surface area contributed by atoms with Crippen LogP contribution in [0.5, 0.6) is 0 Å². The quantitative estimate of drug-likeness (QED) is 0.641. The highest BCUT2D eigenvalue weighted by molar-refractivity contribution is 6.31. The fraction of sp³-hybridized carbons (Fsp3) is 0.400. The largest absolute Gasteiger partial charge is 0.390 e. The zero-order chi connectivity index (χ0) is 12.2. The van der Waals surface area contributed by atoms with Crippen LogP contribution in [0.2, 0.25) is 5.02 Å². The second-order valence-electron chi connectivity index (χ2n) is 3.25. The third kappa shape index (κ3) is 4.37. The predicted molar refractivity (Wildman–Crippen MR) is 53.8 cm³/mol. The van der Waals surface area contributed by atoms with Crippen LogP contribution in [0.3, 0.4) is 0 Å². The van der Waals surface area contributed by atoms with Crippen LogP contribution in [-0.2, 0) is 6.54 Å². The highest BCUT2D eigenvalue weighted by Gasteiger charge is 2.25. The number of hydrogen-bond donors (Lipinski definition) is 1. The van der Waals surface area contributed by atoms with Gasteiger partial charge in [0.25, 0.3) is 0 Å². The van der Waals surface area contributed by atoms with E-state index in [1.165, 1.54) is 12.1 Å². The lowest BCUT2D eigenvalue weighted by molar-refractivity contribution is -0.133. The average molecular weight is 256 g/mol. The van der Waals surface area contributed by atoms with Crippen molar-refractivity contribution < 1.29 is 17.6 Å². The smallest absolute Gasteiger partial charge is 0.312 e. The van der Waals surface area contributed by atoms with Crippen LogP contribution in [0.1, 0.15) is 12.0 Å². The lowest BCUT2D eigenvalue weighted by Gasteiger charge is -2.09. The second kappa shape index (κ2) is 5.50. The van der Waals surface area contributed by atoms with Crippen molar-refractivity contribution in [1.29, 1.82) is 0 Å². The van der Waals surface area contributed by atoms with Gasteiger partial charge in [-0.15, -0.1) is 0 Å². The summed E-state index contributed by atoms with van der Waals surface area (Å²) in [5, 5.41) is 2.50. The molecule has 0 fully saturated rings. The molecule has 0 aromatic heterocycles. The molecule has 0 heterocycles. The van der Waals surface area contributed by atoms with E-state index in [-0.39, 0.29) is 18.1 Å². The van der Waals surface area contributed by atoms with Crippen molar-refractivity contribution in [3.63, 3.8) is 0 Å². The minimum Gasteiger partial charge on any atom is -0.312 e. The molecule has 1 nitrogen and oxygen atoms in total. The molecule has 1 aromatic rings. The Balaban J connectivity index is 2.41. The Hall–Kier alpha value is -0.810. The van der Waals surface area contributed by atoms with E-state index >= 15 is 0 Å². The van der Waals surface area contributed by atoms with Gasteiger partial charge in [-0.1, -0.05) is 23.7 Å². The van der Waals surface area contributed by atoms with Crippen molar-refractivity contribution in [1.82, 2.24) is 5.32 Å². The summed E-state index contributed by atoms with van der Waals surface area (Å²) < 4.78 is 48.3. The lowest BCUT2D eigenvalue weighted by atomic mass is 10.2. The first-order valence-electron chi connectivity index (χ1n) is 4.60. The number of halogens is 5. The van der Waals surface area contributed by atoms with Crippen LogP contribution < -0.4 is 5.32 Å². The van der Waals surface area contributed by atoms with E-state index < -0.39 is 18.4 Å². The fourth-order valence-corrected chi connectivity index (χ4v) is 1.33. The van der Waals surface area contributed by atoms with Gasteiger partial charge in [0, 0.05) is 13.1 Å². The van der Waals surface area contributed by atoms with E-state index in [2.05, 4.69) is 5.32 Å². The molecule has 0 atom stereocenters. The first-order valence-corrected chi connectivity index (χ1v) is 4.98. The molecule has 16 heavy (non-hydrogen) atoms. The van der Waals surface area contributed by atoms with Crippen LogP contribution in [-0.4, -0.2) is 12.7 Å². The van der Waals surface area contributed by atoms with Gasteiger partial charge < -0.3 is 5.32 Å². The number of hydrogen-bond acceptors (Lipinski definition) is 1. The van der Waals surface area contributed by atoms with Gasteiger partial charge in [0.15, 0.2) is 0 Å². The molecule has 1 aromatic carbocycles. The Bertz CT molecular complexity index is 351. The average Bonchev–Trinajstić information content (AvgIpc) is 2.17. The summed E-state index contributed by atoms with van der Waals surface area (Å²) in [5.41, 5.74) is 0.448. The molecule has 6 heteroatoms. The molecule has 0 bridgehead atoms. The Morgan fingerprint density at radius 2 is 1.94 bits per heavy atom. The minimum absolute atomic E-state index is 0.0537. The SMILES string of the molecule is Fc1cccc(CNCCC(F)(F)F)c1Cl. The number of alkyl halides is 3. The van der Waals surface area contributed by atoms with Gasteiger partial charge in [-0.25, -0.2) is 4.39 Å². The maximum Gasteiger partial charge on any atom is 0.390 e. The minimum atomic E-state index is -4.18. The van der Waals surface area contributed by atoms with E-state index in [9.17, 15) is 17.6 Å². The molecular weight excluding hydrogens is 246 g/mol. The molecular formula is C10H10ClF4N. The Kier molecular flexibility index (Phi) is 4.56. The molecule has 0 saturated heterocycles. The number of rotatable bonds is 4. The van der Waals surface area contributed by atoms with E-state index in [4.69, 9.17) is 11.6 Å². The first kappa shape index (κ1) is 13.3. The molecule has 0 saturated carbocycles. The summed E-state index contributed by atoms with van der Waals surface area (Å²) in [4.78, 5) is 0. The molecule has 1 rings (SSSR count). The van der Waals surface area contributed by atoms with Crippen LogP contribution in [0.4, 0.5) is 17.6 Å². The second-order valence-corrected chi connectivity index (χ2v) is 3.63. The zero-order valence-corrected chi connectivity index (χ0v) is 9.00. The van der Waals surface area contributed by atoms with Crippen molar-refractivity contribution in [2.75, 3.05) is 6.54 Å². The highest BCUT2D eigenvalue weighted by atomic mass is 35.5. The molecule has 0 aliphatic rings.